The molecule has 0 aromatic heterocycles. The summed E-state index contributed by atoms with van der Waals surface area (Å²) < 4.78 is 1.27. The van der Waals surface area contributed by atoms with Gasteiger partial charge in [0.05, 0.1) is 0 Å². The van der Waals surface area contributed by atoms with Gasteiger partial charge in [0, 0.05) is 26.2 Å². The molecule has 0 amide bonds. The van der Waals surface area contributed by atoms with E-state index in [1.165, 1.54) is 64.2 Å². The van der Waals surface area contributed by atoms with Crippen LogP contribution in [0.15, 0.2) is 0 Å². The van der Waals surface area contributed by atoms with Gasteiger partial charge in [-0.1, -0.05) is 75.4 Å². The van der Waals surface area contributed by atoms with Crippen molar-refractivity contribution in [1.29, 1.82) is 0 Å². The van der Waals surface area contributed by atoms with Gasteiger partial charge in [0.2, 0.25) is 0 Å². The van der Waals surface area contributed by atoms with Gasteiger partial charge in [-0.15, -0.1) is 0 Å². The Labute approximate surface area is 220 Å². The van der Waals surface area contributed by atoms with E-state index in [2.05, 4.69) is 44.4 Å². The first-order chi connectivity index (χ1) is 13.9. The van der Waals surface area contributed by atoms with Crippen LogP contribution in [0, 0.1) is 0 Å². The molecule has 0 unspecified atom stereocenters. The van der Waals surface area contributed by atoms with E-state index >= 15 is 0 Å². The van der Waals surface area contributed by atoms with Crippen molar-refractivity contribution in [3.05, 3.63) is 0 Å². The molecule has 0 rings (SSSR count). The molecule has 0 aromatic carbocycles. The monoisotopic (exact) mass is 539 g/mol. The maximum atomic E-state index is 5.14. The molecule has 0 radical (unpaired) electrons. The third-order valence-electron chi connectivity index (χ3n) is 4.20. The number of thiocarbonyl (C=S) groups is 2. The van der Waals surface area contributed by atoms with Crippen LogP contribution in [0.3, 0.4) is 0 Å². The minimum Gasteiger partial charge on any atom is -0.411 e. The molecule has 0 aliphatic rings. The molecule has 0 aromatic rings. The fourth-order valence-electron chi connectivity index (χ4n) is 2.19. The maximum absolute atomic E-state index is 5.14. The number of hydrogen-bond acceptors (Lipinski definition) is 5. The van der Waals surface area contributed by atoms with E-state index in [1.54, 1.807) is 0 Å². The summed E-state index contributed by atoms with van der Waals surface area (Å²) in [5, 5.41) is 0. The van der Waals surface area contributed by atoms with Crippen molar-refractivity contribution in [2.75, 3.05) is 32.7 Å². The van der Waals surface area contributed by atoms with E-state index in [0.29, 0.717) is 8.64 Å². The van der Waals surface area contributed by atoms with Gasteiger partial charge in [0.1, 0.15) is 0 Å². The van der Waals surface area contributed by atoms with Crippen LogP contribution in [0.25, 0.3) is 0 Å². The van der Waals surface area contributed by atoms with Crippen molar-refractivity contribution in [3.8, 4) is 0 Å². The standard InChI is InChI=1S/2C9H19NS2.C4H11N.Ni/c2*1-3-5-7-10(9(11)12)8-6-4-2;1-2-3-4-5;/h2*3-8H2,1-2H3,(H,11,12);2-5H2,1H3;/q;;;+2/p-2. The zero-order valence-electron chi connectivity index (χ0n) is 20.0. The molecule has 0 fully saturated rings. The quantitative estimate of drug-likeness (QED) is 0.160. The first-order valence-electron chi connectivity index (χ1n) is 11.5. The minimum absolute atomic E-state index is 0. The molecule has 2 N–H and O–H groups in total. The summed E-state index contributed by atoms with van der Waals surface area (Å²) in [6.07, 6.45) is 12.0. The average Bonchev–Trinajstić information content (AvgIpc) is 2.69. The van der Waals surface area contributed by atoms with E-state index < -0.39 is 0 Å². The zero-order chi connectivity index (χ0) is 22.9. The second kappa shape index (κ2) is 31.9. The molecule has 0 heterocycles. The van der Waals surface area contributed by atoms with E-state index in [-0.39, 0.29) is 16.5 Å². The van der Waals surface area contributed by atoms with E-state index in [1.807, 2.05) is 0 Å². The summed E-state index contributed by atoms with van der Waals surface area (Å²) in [5.74, 6) is 0. The Morgan fingerprint density at radius 2 is 0.833 bits per heavy atom. The van der Waals surface area contributed by atoms with Crippen LogP contribution in [-0.2, 0) is 41.7 Å². The van der Waals surface area contributed by atoms with Crippen LogP contribution in [0.1, 0.15) is 98.8 Å². The first kappa shape index (κ1) is 38.0. The Bertz CT molecular complexity index is 313. The van der Waals surface area contributed by atoms with Gasteiger partial charge in [-0.3, -0.25) is 0 Å². The fraction of sp³-hybridized carbons (Fsp3) is 0.909. The molecule has 0 saturated carbocycles. The Balaban J connectivity index is -0.000000180. The molecule has 3 nitrogen and oxygen atoms in total. The maximum Gasteiger partial charge on any atom is 2.00 e. The largest absolute Gasteiger partial charge is 2.00 e. The van der Waals surface area contributed by atoms with E-state index in [0.717, 1.165) is 32.7 Å². The normalized spacial score (nSPS) is 9.27. The van der Waals surface area contributed by atoms with Gasteiger partial charge in [0.15, 0.2) is 0 Å². The summed E-state index contributed by atoms with van der Waals surface area (Å²) >= 11 is 19.9. The third-order valence-corrected chi connectivity index (χ3v) is 5.23. The number of nitrogens with two attached hydrogens (primary N) is 1. The summed E-state index contributed by atoms with van der Waals surface area (Å²) in [6, 6.07) is 0. The SMILES string of the molecule is CCCCN.CCCCN(CCCC)C(=S)[S-].CCCCN(CCCC)C(=S)[S-].[Ni+2]. The molecule has 30 heavy (non-hydrogen) atoms. The molecular weight excluding hydrogens is 493 g/mol. The van der Waals surface area contributed by atoms with Crippen molar-refractivity contribution in [2.24, 2.45) is 5.73 Å². The summed E-state index contributed by atoms with van der Waals surface area (Å²) in [6.45, 7) is 15.9. The van der Waals surface area contributed by atoms with Crippen LogP contribution in [0.2, 0.25) is 0 Å². The number of unbranched alkanes of at least 4 members (excludes halogenated alkanes) is 5. The van der Waals surface area contributed by atoms with Crippen LogP contribution >= 0.6 is 24.4 Å². The van der Waals surface area contributed by atoms with Crippen molar-refractivity contribution in [1.82, 2.24) is 9.80 Å². The van der Waals surface area contributed by atoms with Gasteiger partial charge in [-0.25, -0.2) is 0 Å². The number of nitrogens with zero attached hydrogens (tertiary/aromatic N) is 2. The molecule has 0 aliphatic carbocycles. The van der Waals surface area contributed by atoms with Gasteiger partial charge < -0.3 is 65.2 Å². The van der Waals surface area contributed by atoms with Gasteiger partial charge in [-0.05, 0) is 38.6 Å². The van der Waals surface area contributed by atoms with Crippen LogP contribution in [-0.4, -0.2) is 51.2 Å². The van der Waals surface area contributed by atoms with E-state index in [9.17, 15) is 0 Å². The van der Waals surface area contributed by atoms with Gasteiger partial charge in [0.25, 0.3) is 0 Å². The predicted molar refractivity (Wildman–Crippen MR) is 147 cm³/mol. The molecule has 0 spiro atoms. The summed E-state index contributed by atoms with van der Waals surface area (Å²) in [4.78, 5) is 4.27. The van der Waals surface area contributed by atoms with Crippen LogP contribution < -0.4 is 5.73 Å². The Morgan fingerprint density at radius 1 is 0.600 bits per heavy atom. The smallest absolute Gasteiger partial charge is 0.411 e. The molecule has 184 valence electrons. The second-order valence-corrected chi connectivity index (χ2v) is 9.13. The molecule has 8 heteroatoms. The van der Waals surface area contributed by atoms with Crippen molar-refractivity contribution >= 4 is 58.3 Å². The number of hydrogen-bond donors (Lipinski definition) is 1. The van der Waals surface area contributed by atoms with E-state index in [4.69, 9.17) is 55.4 Å². The zero-order valence-corrected chi connectivity index (χ0v) is 24.3. The summed E-state index contributed by atoms with van der Waals surface area (Å²) in [5.41, 5.74) is 5.14. The average molecular weight is 541 g/mol. The van der Waals surface area contributed by atoms with Crippen molar-refractivity contribution in [3.63, 3.8) is 0 Å². The Kier molecular flexibility index (Phi) is 40.3. The fourth-order valence-corrected chi connectivity index (χ4v) is 2.92. The first-order valence-corrected chi connectivity index (χ1v) is 13.1. The van der Waals surface area contributed by atoms with Gasteiger partial charge in [-0.2, -0.15) is 0 Å². The van der Waals surface area contributed by atoms with Crippen LogP contribution in [0.5, 0.6) is 0 Å². The summed E-state index contributed by atoms with van der Waals surface area (Å²) in [7, 11) is 0. The second-order valence-electron chi connectivity index (χ2n) is 7.06. The Hall–Kier alpha value is 0.674. The predicted octanol–water partition coefficient (Wildman–Crippen LogP) is 6.18. The number of rotatable bonds is 14. The topological polar surface area (TPSA) is 32.5 Å². The molecule has 0 aliphatic heterocycles. The molecule has 0 bridgehead atoms. The third kappa shape index (κ3) is 30.9. The van der Waals surface area contributed by atoms with Crippen molar-refractivity contribution in [2.45, 2.75) is 98.8 Å². The molecule has 0 atom stereocenters. The van der Waals surface area contributed by atoms with Gasteiger partial charge >= 0.3 is 16.5 Å². The minimum atomic E-state index is 0. The van der Waals surface area contributed by atoms with Crippen LogP contribution in [0.4, 0.5) is 0 Å². The molecular formula is C22H47N3NiS4. The molecule has 0 saturated heterocycles. The Morgan fingerprint density at radius 3 is 0.933 bits per heavy atom. The van der Waals surface area contributed by atoms with Crippen molar-refractivity contribution < 1.29 is 16.5 Å².